The lowest BCUT2D eigenvalue weighted by atomic mass is 9.60. The van der Waals surface area contributed by atoms with Crippen LogP contribution in [-0.4, -0.2) is 28.0 Å². The second kappa shape index (κ2) is 10.7. The van der Waals surface area contributed by atoms with Crippen molar-refractivity contribution < 1.29 is 0 Å². The summed E-state index contributed by atoms with van der Waals surface area (Å²) in [6.45, 7) is 14.2. The van der Waals surface area contributed by atoms with Gasteiger partial charge in [-0.25, -0.2) is 0 Å². The second-order valence-electron chi connectivity index (χ2n) is 8.38. The minimum absolute atomic E-state index is 0.162. The maximum absolute atomic E-state index is 7.33. The lowest BCUT2D eigenvalue weighted by molar-refractivity contribution is 0.0587. The van der Waals surface area contributed by atoms with Crippen LogP contribution in [-0.2, 0) is 0 Å². The Kier molecular flexibility index (Phi) is 10.5. The average molecular weight is 413 g/mol. The lowest BCUT2D eigenvalue weighted by Gasteiger charge is -2.55. The fourth-order valence-electron chi connectivity index (χ4n) is 4.30. The molecule has 0 spiro atoms. The van der Waals surface area contributed by atoms with Gasteiger partial charge in [0.2, 0.25) is 0 Å². The van der Waals surface area contributed by atoms with Crippen molar-refractivity contribution in [1.82, 2.24) is 0 Å². The van der Waals surface area contributed by atoms with Gasteiger partial charge < -0.3 is 0 Å². The van der Waals surface area contributed by atoms with E-state index in [1.165, 1.54) is 44.4 Å². The normalized spacial score (nSPS) is 31.2. The van der Waals surface area contributed by atoms with E-state index in [0.717, 1.165) is 23.6 Å². The summed E-state index contributed by atoms with van der Waals surface area (Å²) >= 11 is 14.4. The van der Waals surface area contributed by atoms with Gasteiger partial charge in [-0.05, 0) is 60.9 Å². The zero-order valence-corrected chi connectivity index (χ0v) is 20.2. The van der Waals surface area contributed by atoms with Crippen LogP contribution in [0.5, 0.6) is 0 Å². The van der Waals surface area contributed by atoms with Crippen LogP contribution in [0.2, 0.25) is 0 Å². The maximum Gasteiger partial charge on any atom is 0.0786 e. The summed E-state index contributed by atoms with van der Waals surface area (Å²) in [7, 11) is 1.78. The van der Waals surface area contributed by atoms with Crippen molar-refractivity contribution >= 4 is 40.4 Å². The summed E-state index contributed by atoms with van der Waals surface area (Å²) in [5.41, 5.74) is 0.972. The predicted octanol–water partition coefficient (Wildman–Crippen LogP) is 7.95. The largest absolute Gasteiger partial charge is 0.120 e. The van der Waals surface area contributed by atoms with Crippen LogP contribution >= 0.6 is 40.4 Å². The highest BCUT2D eigenvalue weighted by molar-refractivity contribution is 7.43. The fourth-order valence-corrected chi connectivity index (χ4v) is 9.66. The summed E-state index contributed by atoms with van der Waals surface area (Å²) < 4.78 is -0.173. The van der Waals surface area contributed by atoms with Gasteiger partial charge in [0.15, 0.2) is 0 Å². The Bertz CT molecular complexity index is 352. The minimum Gasteiger partial charge on any atom is -0.120 e. The Morgan fingerprint density at radius 3 is 2.04 bits per heavy atom. The first-order valence-electron chi connectivity index (χ1n) is 10.0. The third-order valence-electron chi connectivity index (χ3n) is 6.16. The summed E-state index contributed by atoms with van der Waals surface area (Å²) in [6, 6.07) is 0. The molecule has 0 aliphatic heterocycles. The minimum atomic E-state index is -0.173. The molecule has 1 aliphatic rings. The van der Waals surface area contributed by atoms with Crippen molar-refractivity contribution in [3.8, 4) is 0 Å². The zero-order chi connectivity index (χ0) is 18.4. The van der Waals surface area contributed by atoms with Crippen molar-refractivity contribution in [1.29, 1.82) is 0 Å². The molecule has 0 aromatic heterocycles. The van der Waals surface area contributed by atoms with Gasteiger partial charge >= 0.3 is 0 Å². The standard InChI is InChI=1S/C20H40Cl2P2/c1-7-9-11-23-17-13-19(15(3)4,16(5)6)14-20(22,18(17)21)24-12-10-8-2/h15-18,23-24H,7-14H2,1-6H3. The predicted molar refractivity (Wildman–Crippen MR) is 120 cm³/mol. The highest BCUT2D eigenvalue weighted by Crippen LogP contribution is 2.62. The Morgan fingerprint density at radius 2 is 1.54 bits per heavy atom. The smallest absolute Gasteiger partial charge is 0.0786 e. The van der Waals surface area contributed by atoms with Gasteiger partial charge in [0.25, 0.3) is 0 Å². The van der Waals surface area contributed by atoms with Gasteiger partial charge in [-0.1, -0.05) is 63.0 Å². The summed E-state index contributed by atoms with van der Waals surface area (Å²) in [4.78, 5) is 0. The Hall–Kier alpha value is 1.44. The molecule has 0 N–H and O–H groups in total. The SMILES string of the molecule is CCCCPC1CC(C(C)C)(C(C)C)CC(Cl)(PCCCC)C1Cl. The van der Waals surface area contributed by atoms with Crippen LogP contribution in [0.1, 0.15) is 80.1 Å². The Labute approximate surface area is 165 Å². The van der Waals surface area contributed by atoms with E-state index < -0.39 is 0 Å². The molecule has 1 rings (SSSR count). The zero-order valence-electron chi connectivity index (χ0n) is 16.7. The van der Waals surface area contributed by atoms with E-state index in [2.05, 4.69) is 41.5 Å². The highest BCUT2D eigenvalue weighted by atomic mass is 35.5. The van der Waals surface area contributed by atoms with Gasteiger partial charge in [0.1, 0.15) is 0 Å². The molecule has 0 aromatic carbocycles. The fraction of sp³-hybridized carbons (Fsp3) is 1.00. The molecule has 0 saturated heterocycles. The molecule has 0 nitrogen and oxygen atoms in total. The Balaban J connectivity index is 3.03. The molecule has 1 fully saturated rings. The number of hydrogen-bond acceptors (Lipinski definition) is 0. The van der Waals surface area contributed by atoms with Crippen LogP contribution in [0, 0.1) is 17.3 Å². The molecule has 5 atom stereocenters. The average Bonchev–Trinajstić information content (AvgIpc) is 2.51. The van der Waals surface area contributed by atoms with Gasteiger partial charge in [-0.2, -0.15) is 0 Å². The van der Waals surface area contributed by atoms with E-state index >= 15 is 0 Å². The molecule has 144 valence electrons. The van der Waals surface area contributed by atoms with Gasteiger partial charge in [-0.15, -0.1) is 31.8 Å². The van der Waals surface area contributed by atoms with Crippen LogP contribution < -0.4 is 0 Å². The third-order valence-corrected chi connectivity index (χ3v) is 11.5. The lowest BCUT2D eigenvalue weighted by Crippen LogP contribution is -2.53. The van der Waals surface area contributed by atoms with Crippen LogP contribution in [0.4, 0.5) is 0 Å². The van der Waals surface area contributed by atoms with E-state index in [0.29, 0.717) is 22.9 Å². The van der Waals surface area contributed by atoms with Gasteiger partial charge in [0, 0.05) is 0 Å². The quantitative estimate of drug-likeness (QED) is 0.194. The third kappa shape index (κ3) is 5.72. The van der Waals surface area contributed by atoms with E-state index in [-0.39, 0.29) is 9.99 Å². The molecule has 1 aliphatic carbocycles. The first-order chi connectivity index (χ1) is 11.2. The molecule has 0 heterocycles. The van der Waals surface area contributed by atoms with Crippen LogP contribution in [0.3, 0.4) is 0 Å². The van der Waals surface area contributed by atoms with Crippen molar-refractivity contribution in [2.45, 2.75) is 95.7 Å². The maximum atomic E-state index is 7.33. The van der Waals surface area contributed by atoms with Crippen molar-refractivity contribution in [3.63, 3.8) is 0 Å². The van der Waals surface area contributed by atoms with Crippen LogP contribution in [0.25, 0.3) is 0 Å². The van der Waals surface area contributed by atoms with E-state index in [1.807, 2.05) is 0 Å². The Morgan fingerprint density at radius 1 is 1.00 bits per heavy atom. The van der Waals surface area contributed by atoms with Gasteiger partial charge in [0.05, 0.1) is 9.99 Å². The van der Waals surface area contributed by atoms with Crippen molar-refractivity contribution in [3.05, 3.63) is 0 Å². The number of halogens is 2. The number of hydrogen-bond donors (Lipinski definition) is 0. The molecule has 0 amide bonds. The van der Waals surface area contributed by atoms with E-state index in [9.17, 15) is 0 Å². The molecular weight excluding hydrogens is 373 g/mol. The topological polar surface area (TPSA) is 0 Å². The van der Waals surface area contributed by atoms with E-state index in [4.69, 9.17) is 23.2 Å². The summed E-state index contributed by atoms with van der Waals surface area (Å²) in [6.07, 6.45) is 10.2. The molecule has 0 aromatic rings. The molecule has 0 radical (unpaired) electrons. The highest BCUT2D eigenvalue weighted by Gasteiger charge is 2.54. The molecule has 4 heteroatoms. The molecule has 0 bridgehead atoms. The monoisotopic (exact) mass is 412 g/mol. The van der Waals surface area contributed by atoms with E-state index in [1.54, 1.807) is 0 Å². The van der Waals surface area contributed by atoms with Crippen LogP contribution in [0.15, 0.2) is 0 Å². The first-order valence-corrected chi connectivity index (χ1v) is 13.4. The molecule has 5 unspecified atom stereocenters. The molecule has 24 heavy (non-hydrogen) atoms. The molecular formula is C20H40Cl2P2. The number of alkyl halides is 2. The van der Waals surface area contributed by atoms with Crippen molar-refractivity contribution in [2.75, 3.05) is 12.3 Å². The van der Waals surface area contributed by atoms with Gasteiger partial charge in [-0.3, -0.25) is 0 Å². The molecule has 1 saturated carbocycles. The number of rotatable bonds is 10. The summed E-state index contributed by atoms with van der Waals surface area (Å²) in [5.74, 6) is 1.35. The first kappa shape index (κ1) is 23.5. The number of unbranched alkanes of at least 4 members (excludes halogenated alkanes) is 2. The summed E-state index contributed by atoms with van der Waals surface area (Å²) in [5, 5.41) is 0.162. The van der Waals surface area contributed by atoms with Crippen molar-refractivity contribution in [2.24, 2.45) is 17.3 Å². The second-order valence-corrected chi connectivity index (χ2v) is 13.2.